The van der Waals surface area contributed by atoms with Crippen LogP contribution in [0.1, 0.15) is 178 Å². The van der Waals surface area contributed by atoms with E-state index in [0.29, 0.717) is 48.7 Å². The minimum atomic E-state index is -0.497. The van der Waals surface area contributed by atoms with Gasteiger partial charge in [-0.25, -0.2) is 9.59 Å². The fourth-order valence-corrected chi connectivity index (χ4v) is 8.38. The molecule has 0 N–H and O–H groups in total. The van der Waals surface area contributed by atoms with Crippen molar-refractivity contribution in [1.29, 1.82) is 0 Å². The molecule has 0 radical (unpaired) electrons. The van der Waals surface area contributed by atoms with Crippen LogP contribution in [0.2, 0.25) is 0 Å². The Morgan fingerprint density at radius 1 is 0.368 bits per heavy atom. The van der Waals surface area contributed by atoms with Crippen molar-refractivity contribution in [2.24, 2.45) is 0 Å². The van der Waals surface area contributed by atoms with Gasteiger partial charge in [0.15, 0.2) is 24.8 Å². The number of ketones is 2. The summed E-state index contributed by atoms with van der Waals surface area (Å²) in [4.78, 5) is 51.9. The maximum Gasteiger partial charge on any atom is 0.344 e. The van der Waals surface area contributed by atoms with Gasteiger partial charge in [0.1, 0.15) is 36.2 Å². The van der Waals surface area contributed by atoms with Crippen LogP contribution in [0.15, 0.2) is 48.5 Å². The fourth-order valence-electron chi connectivity index (χ4n) is 8.38. The Hall–Kier alpha value is -5.64. The second-order valence-electron chi connectivity index (χ2n) is 22.4. The van der Waals surface area contributed by atoms with Gasteiger partial charge in [0.2, 0.25) is 0 Å². The number of hydrogen-bond acceptors (Lipinski definition) is 10. The molecule has 0 aliphatic heterocycles. The first-order valence-corrected chi connectivity index (χ1v) is 24.0. The molecule has 1 aliphatic carbocycles. The Morgan fingerprint density at radius 3 is 0.721 bits per heavy atom. The number of Topliss-reactive ketones (excluding diaryl/α,β-unsaturated/α-hetero) is 2. The molecule has 10 heteroatoms. The third-order valence-corrected chi connectivity index (χ3v) is 12.1. The fraction of sp³-hybridized carbons (Fsp3) is 0.517. The number of rotatable bonds is 14. The summed E-state index contributed by atoms with van der Waals surface area (Å²) in [5, 5.41) is 0. The zero-order chi connectivity index (χ0) is 50.5. The molecule has 0 aromatic heterocycles. The Morgan fingerprint density at radius 2 is 0.559 bits per heavy atom. The molecule has 10 nitrogen and oxygen atoms in total. The molecule has 4 aromatic rings. The van der Waals surface area contributed by atoms with E-state index < -0.39 is 11.9 Å². The number of benzene rings is 4. The van der Waals surface area contributed by atoms with Gasteiger partial charge in [-0.05, 0) is 116 Å². The molecular weight excluding hydrogens is 857 g/mol. The van der Waals surface area contributed by atoms with E-state index >= 15 is 0 Å². The molecule has 4 aromatic carbocycles. The number of carbonyl (C=O) groups excluding carboxylic acids is 4. The molecule has 8 bridgehead atoms. The van der Waals surface area contributed by atoms with Crippen LogP contribution < -0.4 is 18.9 Å². The van der Waals surface area contributed by atoms with Gasteiger partial charge in [-0.15, -0.1) is 0 Å². The average molecular weight is 933 g/mol. The van der Waals surface area contributed by atoms with E-state index in [1.54, 1.807) is 13.8 Å². The second-order valence-corrected chi connectivity index (χ2v) is 22.4. The van der Waals surface area contributed by atoms with E-state index in [-0.39, 0.29) is 72.9 Å². The summed E-state index contributed by atoms with van der Waals surface area (Å²) in [6.07, 6.45) is 1.28. The van der Waals surface area contributed by atoms with E-state index in [1.807, 2.05) is 0 Å². The molecule has 0 amide bonds. The lowest BCUT2D eigenvalue weighted by molar-refractivity contribution is -0.146. The average Bonchev–Trinajstić information content (AvgIpc) is 3.20. The van der Waals surface area contributed by atoms with Crippen LogP contribution in [-0.2, 0) is 76.0 Å². The third-order valence-electron chi connectivity index (χ3n) is 12.1. The molecule has 0 heterocycles. The largest absolute Gasteiger partial charge is 0.485 e. The Balaban J connectivity index is 2.04. The smallest absolute Gasteiger partial charge is 0.344 e. The van der Waals surface area contributed by atoms with Crippen LogP contribution >= 0.6 is 0 Å². The molecule has 68 heavy (non-hydrogen) atoms. The third kappa shape index (κ3) is 13.8. The number of carbonyl (C=O) groups is 4. The second kappa shape index (κ2) is 21.3. The molecule has 0 saturated carbocycles. The number of ether oxygens (including phenoxy) is 6. The highest BCUT2D eigenvalue weighted by Gasteiger charge is 2.30. The quantitative estimate of drug-likeness (QED) is 0.0994. The van der Waals surface area contributed by atoms with Crippen LogP contribution in [0.5, 0.6) is 23.0 Å². The van der Waals surface area contributed by atoms with Gasteiger partial charge in [-0.1, -0.05) is 132 Å². The predicted octanol–water partition coefficient (Wildman–Crippen LogP) is 11.4. The zero-order valence-electron chi connectivity index (χ0n) is 43.8. The van der Waals surface area contributed by atoms with Crippen molar-refractivity contribution in [3.8, 4) is 23.0 Å². The van der Waals surface area contributed by atoms with E-state index in [2.05, 4.69) is 132 Å². The first-order valence-electron chi connectivity index (χ1n) is 24.0. The summed E-state index contributed by atoms with van der Waals surface area (Å²) in [5.74, 6) is 0.960. The van der Waals surface area contributed by atoms with E-state index in [4.69, 9.17) is 28.4 Å². The molecular formula is C58H76O10. The molecule has 0 atom stereocenters. The standard InChI is InChI=1S/C58H76O10/c1-17-63-49(61)33-67-53-41-20-39-25-45(55(5,6)7)23-37(51(39)65-31-35(3)59)19-38-24-46(56(8,9)10)26-40(52(38)66-32-36(4)60)21-42-28-48(58(14,15)16)30-44(54(42)68-34-50(62)64-18-2)22-43(53)29-47(27-41)57(11,12)13/h23-30H,17-22,31-34H2,1-16H3. The van der Waals surface area contributed by atoms with Crippen molar-refractivity contribution in [1.82, 2.24) is 0 Å². The SMILES string of the molecule is CCOC(=O)COc1c2cc(C(C)(C)C)cc1Cc1cc(C(C)(C)C)cc(c1OCC(=O)OCC)Cc1cc(C(C)(C)C)cc(c1OCC(C)=O)Cc1cc(C(C)(C)C)cc(c1OCC(C)=O)C2. The normalized spacial score (nSPS) is 13.1. The van der Waals surface area contributed by atoms with Crippen LogP contribution in [0.4, 0.5) is 0 Å². The lowest BCUT2D eigenvalue weighted by Gasteiger charge is -2.29. The Bertz CT molecular complexity index is 2340. The van der Waals surface area contributed by atoms with Gasteiger partial charge < -0.3 is 28.4 Å². The van der Waals surface area contributed by atoms with Crippen molar-refractivity contribution >= 4 is 23.5 Å². The maximum absolute atomic E-state index is 13.1. The highest BCUT2D eigenvalue weighted by molar-refractivity contribution is 5.78. The maximum atomic E-state index is 13.1. The topological polar surface area (TPSA) is 124 Å². The van der Waals surface area contributed by atoms with Crippen molar-refractivity contribution in [3.63, 3.8) is 0 Å². The number of esters is 2. The van der Waals surface area contributed by atoms with Crippen LogP contribution in [0, 0.1) is 0 Å². The highest BCUT2D eigenvalue weighted by Crippen LogP contribution is 2.44. The number of hydrogen-bond donors (Lipinski definition) is 0. The molecule has 368 valence electrons. The molecule has 0 unspecified atom stereocenters. The summed E-state index contributed by atoms with van der Waals surface area (Å²) in [7, 11) is 0. The number of fused-ring (bicyclic) bond motifs is 8. The molecule has 0 saturated heterocycles. The van der Waals surface area contributed by atoms with E-state index in [1.165, 1.54) is 13.8 Å². The van der Waals surface area contributed by atoms with Gasteiger partial charge in [0.25, 0.3) is 0 Å². The van der Waals surface area contributed by atoms with Gasteiger partial charge in [-0.3, -0.25) is 9.59 Å². The minimum absolute atomic E-state index is 0.126. The van der Waals surface area contributed by atoms with Gasteiger partial charge >= 0.3 is 11.9 Å². The Kier molecular flexibility index (Phi) is 16.7. The Labute approximate surface area is 405 Å². The predicted molar refractivity (Wildman–Crippen MR) is 268 cm³/mol. The van der Waals surface area contributed by atoms with Crippen LogP contribution in [-0.4, -0.2) is 63.1 Å². The van der Waals surface area contributed by atoms with Crippen molar-refractivity contribution < 1.29 is 47.6 Å². The molecule has 5 rings (SSSR count). The lowest BCUT2D eigenvalue weighted by Crippen LogP contribution is -2.20. The van der Waals surface area contributed by atoms with E-state index in [0.717, 1.165) is 66.8 Å². The summed E-state index contributed by atoms with van der Waals surface area (Å²) >= 11 is 0. The highest BCUT2D eigenvalue weighted by atomic mass is 16.6. The van der Waals surface area contributed by atoms with Crippen molar-refractivity contribution in [2.75, 3.05) is 39.6 Å². The summed E-state index contributed by atoms with van der Waals surface area (Å²) in [6, 6.07) is 17.2. The van der Waals surface area contributed by atoms with Crippen LogP contribution in [0.3, 0.4) is 0 Å². The van der Waals surface area contributed by atoms with Crippen molar-refractivity contribution in [3.05, 3.63) is 115 Å². The minimum Gasteiger partial charge on any atom is -0.485 e. The monoisotopic (exact) mass is 933 g/mol. The summed E-state index contributed by atoms with van der Waals surface area (Å²) < 4.78 is 37.4. The van der Waals surface area contributed by atoms with E-state index in [9.17, 15) is 19.2 Å². The zero-order valence-corrected chi connectivity index (χ0v) is 43.8. The van der Waals surface area contributed by atoms with Crippen LogP contribution in [0.25, 0.3) is 0 Å². The molecule has 0 spiro atoms. The van der Waals surface area contributed by atoms with Gasteiger partial charge in [0.05, 0.1) is 13.2 Å². The van der Waals surface area contributed by atoms with Crippen molar-refractivity contribution in [2.45, 2.75) is 158 Å². The molecule has 1 aliphatic rings. The summed E-state index contributed by atoms with van der Waals surface area (Å²) in [6.45, 7) is 32.0. The first kappa shape index (κ1) is 53.3. The van der Waals surface area contributed by atoms with Gasteiger partial charge in [-0.2, -0.15) is 0 Å². The van der Waals surface area contributed by atoms with Gasteiger partial charge in [0, 0.05) is 25.7 Å². The summed E-state index contributed by atoms with van der Waals surface area (Å²) in [5.41, 5.74) is 9.61. The first-order chi connectivity index (χ1) is 31.6. The molecule has 0 fully saturated rings. The lowest BCUT2D eigenvalue weighted by atomic mass is 9.79.